The molecular weight excluding hydrogens is 294 g/mol. The van der Waals surface area contributed by atoms with Gasteiger partial charge in [-0.2, -0.15) is 0 Å². The van der Waals surface area contributed by atoms with Crippen molar-refractivity contribution in [2.24, 2.45) is 5.73 Å². The molecule has 0 spiro atoms. The van der Waals surface area contributed by atoms with Gasteiger partial charge in [-0.15, -0.1) is 0 Å². The van der Waals surface area contributed by atoms with Crippen LogP contribution < -0.4 is 16.4 Å². The van der Waals surface area contributed by atoms with E-state index < -0.39 is 6.09 Å². The molecule has 0 unspecified atom stereocenters. The Morgan fingerprint density at radius 1 is 0.913 bits per heavy atom. The Hall–Kier alpha value is -2.86. The summed E-state index contributed by atoms with van der Waals surface area (Å²) in [4.78, 5) is 23.4. The lowest BCUT2D eigenvalue weighted by molar-refractivity contribution is 0.0947. The topological polar surface area (TPSA) is 93.5 Å². The minimum absolute atomic E-state index is 0.00883. The van der Waals surface area contributed by atoms with Gasteiger partial charge in [0.1, 0.15) is 6.61 Å². The van der Waals surface area contributed by atoms with E-state index in [1.807, 2.05) is 30.3 Å². The van der Waals surface area contributed by atoms with Crippen LogP contribution in [0.1, 0.15) is 21.5 Å². The summed E-state index contributed by atoms with van der Waals surface area (Å²) in [5, 5.41) is 5.05. The van der Waals surface area contributed by atoms with Crippen molar-refractivity contribution in [1.29, 1.82) is 0 Å². The molecule has 2 amide bonds. The minimum atomic E-state index is -0.590. The van der Waals surface area contributed by atoms with Gasteiger partial charge in [0.2, 0.25) is 0 Å². The summed E-state index contributed by atoms with van der Waals surface area (Å²) >= 11 is 0. The zero-order chi connectivity index (χ0) is 16.5. The van der Waals surface area contributed by atoms with E-state index in [-0.39, 0.29) is 19.2 Å². The Labute approximate surface area is 134 Å². The third-order valence-corrected chi connectivity index (χ3v) is 3.15. The second kappa shape index (κ2) is 8.55. The molecule has 120 valence electrons. The molecule has 0 saturated carbocycles. The van der Waals surface area contributed by atoms with Crippen LogP contribution >= 0.6 is 0 Å². The molecule has 2 aromatic carbocycles. The lowest BCUT2D eigenvalue weighted by atomic mass is 10.1. The third kappa shape index (κ3) is 5.44. The molecule has 2 aromatic rings. The van der Waals surface area contributed by atoms with Crippen molar-refractivity contribution in [2.75, 3.05) is 6.67 Å². The highest BCUT2D eigenvalue weighted by molar-refractivity contribution is 5.94. The van der Waals surface area contributed by atoms with E-state index in [0.29, 0.717) is 12.1 Å². The molecule has 0 aliphatic heterocycles. The number of amides is 2. The average Bonchev–Trinajstić information content (AvgIpc) is 2.61. The zero-order valence-electron chi connectivity index (χ0n) is 12.6. The number of carbonyl (C=O) groups is 2. The van der Waals surface area contributed by atoms with Crippen LogP contribution in [-0.4, -0.2) is 18.7 Å². The first-order chi connectivity index (χ1) is 11.2. The summed E-state index contributed by atoms with van der Waals surface area (Å²) in [5.41, 5.74) is 7.84. The first-order valence-corrected chi connectivity index (χ1v) is 7.21. The van der Waals surface area contributed by atoms with Crippen LogP contribution in [0.25, 0.3) is 0 Å². The predicted molar refractivity (Wildman–Crippen MR) is 86.4 cm³/mol. The molecule has 4 N–H and O–H groups in total. The summed E-state index contributed by atoms with van der Waals surface area (Å²) in [6, 6.07) is 16.3. The number of carbonyl (C=O) groups excluding carboxylic acids is 2. The van der Waals surface area contributed by atoms with E-state index in [2.05, 4.69) is 10.6 Å². The van der Waals surface area contributed by atoms with Gasteiger partial charge in [-0.3, -0.25) is 4.79 Å². The Bertz CT molecular complexity index is 642. The van der Waals surface area contributed by atoms with E-state index in [9.17, 15) is 9.59 Å². The molecule has 0 aliphatic rings. The van der Waals surface area contributed by atoms with Gasteiger partial charge in [0.25, 0.3) is 5.91 Å². The van der Waals surface area contributed by atoms with Crippen LogP contribution in [0.5, 0.6) is 0 Å². The van der Waals surface area contributed by atoms with Gasteiger partial charge < -0.3 is 21.1 Å². The molecule has 0 heterocycles. The highest BCUT2D eigenvalue weighted by Gasteiger charge is 2.06. The van der Waals surface area contributed by atoms with Gasteiger partial charge in [0.15, 0.2) is 0 Å². The zero-order valence-corrected chi connectivity index (χ0v) is 12.6. The van der Waals surface area contributed by atoms with Crippen molar-refractivity contribution in [2.45, 2.75) is 13.2 Å². The molecule has 2 rings (SSSR count). The van der Waals surface area contributed by atoms with Crippen molar-refractivity contribution in [3.63, 3.8) is 0 Å². The van der Waals surface area contributed by atoms with E-state index in [1.165, 1.54) is 0 Å². The van der Waals surface area contributed by atoms with E-state index in [1.54, 1.807) is 24.3 Å². The molecular formula is C17H19N3O3. The first kappa shape index (κ1) is 16.5. The van der Waals surface area contributed by atoms with Crippen LogP contribution in [0.3, 0.4) is 0 Å². The number of nitrogens with two attached hydrogens (primary N) is 1. The van der Waals surface area contributed by atoms with Crippen LogP contribution in [-0.2, 0) is 17.9 Å². The quantitative estimate of drug-likeness (QED) is 0.708. The molecule has 6 nitrogen and oxygen atoms in total. The van der Waals surface area contributed by atoms with Crippen molar-refractivity contribution >= 4 is 12.0 Å². The number of alkyl carbamates (subject to hydrolysis) is 1. The third-order valence-electron chi connectivity index (χ3n) is 3.15. The first-order valence-electron chi connectivity index (χ1n) is 7.21. The largest absolute Gasteiger partial charge is 0.445 e. The standard InChI is InChI=1S/C17H19N3O3/c18-10-13-6-8-15(9-7-13)16(21)19-12-20-17(22)23-11-14-4-2-1-3-5-14/h1-9H,10-12,18H2,(H,19,21)(H,20,22). The van der Waals surface area contributed by atoms with Crippen LogP contribution in [0, 0.1) is 0 Å². The Kier molecular flexibility index (Phi) is 6.14. The van der Waals surface area contributed by atoms with Crippen molar-refractivity contribution < 1.29 is 14.3 Å². The minimum Gasteiger partial charge on any atom is -0.445 e. The normalized spacial score (nSPS) is 9.96. The summed E-state index contributed by atoms with van der Waals surface area (Å²) in [6.07, 6.45) is -0.590. The van der Waals surface area contributed by atoms with Gasteiger partial charge in [-0.05, 0) is 23.3 Å². The highest BCUT2D eigenvalue weighted by atomic mass is 16.5. The second-order valence-corrected chi connectivity index (χ2v) is 4.82. The van der Waals surface area contributed by atoms with Crippen molar-refractivity contribution in [3.05, 3.63) is 71.3 Å². The number of nitrogens with one attached hydrogen (secondary N) is 2. The van der Waals surface area contributed by atoms with Crippen LogP contribution in [0.4, 0.5) is 4.79 Å². The monoisotopic (exact) mass is 313 g/mol. The number of benzene rings is 2. The Morgan fingerprint density at radius 3 is 2.26 bits per heavy atom. The molecule has 0 atom stereocenters. The molecule has 0 bridgehead atoms. The molecule has 0 radical (unpaired) electrons. The van der Waals surface area contributed by atoms with Crippen molar-refractivity contribution in [3.8, 4) is 0 Å². The SMILES string of the molecule is NCc1ccc(C(=O)NCNC(=O)OCc2ccccc2)cc1. The van der Waals surface area contributed by atoms with Gasteiger partial charge in [0.05, 0.1) is 6.67 Å². The predicted octanol–water partition coefficient (Wildman–Crippen LogP) is 1.76. The lowest BCUT2D eigenvalue weighted by Gasteiger charge is -2.09. The number of hydrogen-bond donors (Lipinski definition) is 3. The Balaban J connectivity index is 1.69. The maximum absolute atomic E-state index is 11.9. The highest BCUT2D eigenvalue weighted by Crippen LogP contribution is 2.03. The van der Waals surface area contributed by atoms with Crippen LogP contribution in [0.2, 0.25) is 0 Å². The fourth-order valence-electron chi connectivity index (χ4n) is 1.87. The van der Waals surface area contributed by atoms with E-state index in [0.717, 1.165) is 11.1 Å². The van der Waals surface area contributed by atoms with Crippen LogP contribution in [0.15, 0.2) is 54.6 Å². The molecule has 23 heavy (non-hydrogen) atoms. The number of rotatable bonds is 6. The summed E-state index contributed by atoms with van der Waals surface area (Å²) in [5.74, 6) is -0.281. The van der Waals surface area contributed by atoms with E-state index in [4.69, 9.17) is 10.5 Å². The number of ether oxygens (including phenoxy) is 1. The average molecular weight is 313 g/mol. The second-order valence-electron chi connectivity index (χ2n) is 4.82. The van der Waals surface area contributed by atoms with Gasteiger partial charge >= 0.3 is 6.09 Å². The maximum atomic E-state index is 11.9. The summed E-state index contributed by atoms with van der Waals surface area (Å²) in [7, 11) is 0. The van der Waals surface area contributed by atoms with Crippen molar-refractivity contribution in [1.82, 2.24) is 10.6 Å². The summed E-state index contributed by atoms with van der Waals surface area (Å²) < 4.78 is 5.03. The van der Waals surface area contributed by atoms with Gasteiger partial charge in [-0.1, -0.05) is 42.5 Å². The number of hydrogen-bond acceptors (Lipinski definition) is 4. The fourth-order valence-corrected chi connectivity index (χ4v) is 1.87. The molecule has 0 aromatic heterocycles. The smallest absolute Gasteiger partial charge is 0.408 e. The molecule has 0 aliphatic carbocycles. The Morgan fingerprint density at radius 2 is 1.61 bits per heavy atom. The van der Waals surface area contributed by atoms with E-state index >= 15 is 0 Å². The van der Waals surface area contributed by atoms with Gasteiger partial charge in [-0.25, -0.2) is 4.79 Å². The maximum Gasteiger partial charge on any atom is 0.408 e. The fraction of sp³-hybridized carbons (Fsp3) is 0.176. The molecule has 6 heteroatoms. The lowest BCUT2D eigenvalue weighted by Crippen LogP contribution is -2.37. The molecule has 0 fully saturated rings. The van der Waals surface area contributed by atoms with Gasteiger partial charge in [0, 0.05) is 12.1 Å². The summed E-state index contributed by atoms with van der Waals surface area (Å²) in [6.45, 7) is 0.600. The molecule has 0 saturated heterocycles.